The molecule has 188 valence electrons. The molecule has 0 unspecified atom stereocenters. The molecule has 3 rings (SSSR count). The largest absolute Gasteiger partial charge is 0.328 e. The molecule has 0 fully saturated rings. The number of hydrogen-bond acceptors (Lipinski definition) is 5. The molecule has 1 aliphatic heterocycles. The summed E-state index contributed by atoms with van der Waals surface area (Å²) in [6.45, 7) is 4.39. The van der Waals surface area contributed by atoms with E-state index < -0.39 is 11.6 Å². The van der Waals surface area contributed by atoms with Crippen LogP contribution in [-0.2, 0) is 0 Å². The Morgan fingerprint density at radius 1 is 1.11 bits per heavy atom. The number of hydrogen-bond donors (Lipinski definition) is 2. The molecule has 0 amide bonds. The number of nitrogens with two attached hydrogens (primary N) is 1. The van der Waals surface area contributed by atoms with E-state index in [-0.39, 0.29) is 5.56 Å². The number of para-hydroxylation sites is 1. The van der Waals surface area contributed by atoms with Crippen LogP contribution < -0.4 is 16.1 Å². The van der Waals surface area contributed by atoms with Gasteiger partial charge in [0.1, 0.15) is 23.3 Å². The molecule has 2 aromatic carbocycles. The van der Waals surface area contributed by atoms with Gasteiger partial charge in [0.2, 0.25) is 0 Å². The van der Waals surface area contributed by atoms with Crippen molar-refractivity contribution in [2.24, 2.45) is 10.8 Å². The van der Waals surface area contributed by atoms with Gasteiger partial charge in [-0.25, -0.2) is 24.6 Å². The second-order valence-electron chi connectivity index (χ2n) is 8.77. The molecule has 1 aliphatic rings. The van der Waals surface area contributed by atoms with Crippen molar-refractivity contribution in [3.63, 3.8) is 0 Å². The van der Waals surface area contributed by atoms with E-state index in [4.69, 9.17) is 17.4 Å². The van der Waals surface area contributed by atoms with Gasteiger partial charge in [0, 0.05) is 24.3 Å². The Hall–Kier alpha value is -2.74. The van der Waals surface area contributed by atoms with Crippen molar-refractivity contribution in [2.75, 3.05) is 25.5 Å². The van der Waals surface area contributed by atoms with Crippen LogP contribution in [0.4, 0.5) is 14.5 Å². The zero-order valence-electron chi connectivity index (χ0n) is 20.8. The van der Waals surface area contributed by atoms with Gasteiger partial charge in [-0.1, -0.05) is 36.6 Å². The Morgan fingerprint density at radius 2 is 1.80 bits per heavy atom. The Morgan fingerprint density at radius 3 is 2.46 bits per heavy atom. The SMILES string of the molecule is CNCCCCCC/C=C1/N=C(c2cc(F)c(C)c(F)c2)C=C(N(C)c2c(C)cccc2Cl)N1N. The molecule has 0 aliphatic carbocycles. The lowest BCUT2D eigenvalue weighted by atomic mass is 10.0. The molecule has 0 spiro atoms. The fourth-order valence-corrected chi connectivity index (χ4v) is 4.40. The van der Waals surface area contributed by atoms with Crippen LogP contribution in [0.3, 0.4) is 0 Å². The first kappa shape index (κ1) is 26.9. The number of allylic oxidation sites excluding steroid dienone is 2. The highest BCUT2D eigenvalue weighted by molar-refractivity contribution is 6.33. The molecule has 0 saturated carbocycles. The number of unbranched alkanes of at least 4 members (excludes halogenated alkanes) is 4. The highest BCUT2D eigenvalue weighted by Gasteiger charge is 2.25. The van der Waals surface area contributed by atoms with E-state index >= 15 is 0 Å². The third-order valence-electron chi connectivity index (χ3n) is 6.15. The standard InChI is InChI=1S/C27H34ClF2N5/c1-18-11-10-12-21(28)27(18)34(4)26-17-24(20-15-22(29)19(2)23(30)16-20)33-25(35(26)31)13-8-6-5-7-9-14-32-3/h10-13,15-17,32H,5-9,14,31H2,1-4H3/b25-13-. The maximum atomic E-state index is 14.4. The number of benzene rings is 2. The van der Waals surface area contributed by atoms with Gasteiger partial charge in [-0.3, -0.25) is 0 Å². The molecule has 0 radical (unpaired) electrons. The van der Waals surface area contributed by atoms with Crippen LogP contribution in [0.5, 0.6) is 0 Å². The molecule has 1 heterocycles. The minimum absolute atomic E-state index is 0.0207. The summed E-state index contributed by atoms with van der Waals surface area (Å²) in [7, 11) is 3.81. The third kappa shape index (κ3) is 6.48. The van der Waals surface area contributed by atoms with Crippen molar-refractivity contribution < 1.29 is 8.78 Å². The van der Waals surface area contributed by atoms with Gasteiger partial charge in [-0.15, -0.1) is 0 Å². The smallest absolute Gasteiger partial charge is 0.145 e. The van der Waals surface area contributed by atoms with Crippen molar-refractivity contribution in [3.05, 3.63) is 87.5 Å². The van der Waals surface area contributed by atoms with Crippen molar-refractivity contribution in [1.82, 2.24) is 10.3 Å². The number of halogens is 3. The molecule has 0 saturated heterocycles. The van der Waals surface area contributed by atoms with E-state index in [0.717, 1.165) is 49.9 Å². The zero-order valence-corrected chi connectivity index (χ0v) is 21.6. The van der Waals surface area contributed by atoms with Crippen molar-refractivity contribution >= 4 is 23.0 Å². The van der Waals surface area contributed by atoms with Crippen molar-refractivity contribution in [1.29, 1.82) is 0 Å². The predicted molar refractivity (Wildman–Crippen MR) is 141 cm³/mol. The first-order chi connectivity index (χ1) is 16.7. The molecule has 8 heteroatoms. The monoisotopic (exact) mass is 501 g/mol. The van der Waals surface area contributed by atoms with E-state index in [2.05, 4.69) is 10.3 Å². The molecule has 2 aromatic rings. The zero-order chi connectivity index (χ0) is 25.5. The minimum atomic E-state index is -0.616. The lowest BCUT2D eigenvalue weighted by molar-refractivity contribution is 0.426. The van der Waals surface area contributed by atoms with Gasteiger partial charge in [0.25, 0.3) is 0 Å². The summed E-state index contributed by atoms with van der Waals surface area (Å²) < 4.78 is 28.7. The van der Waals surface area contributed by atoms with Crippen molar-refractivity contribution in [2.45, 2.75) is 46.0 Å². The molecule has 0 bridgehead atoms. The number of rotatable bonds is 10. The van der Waals surface area contributed by atoms with Gasteiger partial charge in [0.15, 0.2) is 0 Å². The quantitative estimate of drug-likeness (QED) is 0.300. The van der Waals surface area contributed by atoms with E-state index in [1.54, 1.807) is 6.08 Å². The first-order valence-electron chi connectivity index (χ1n) is 11.9. The summed E-state index contributed by atoms with van der Waals surface area (Å²) in [5.41, 5.74) is 2.52. The molecule has 35 heavy (non-hydrogen) atoms. The summed E-state index contributed by atoms with van der Waals surface area (Å²) >= 11 is 6.52. The lowest BCUT2D eigenvalue weighted by Gasteiger charge is -2.34. The van der Waals surface area contributed by atoms with Gasteiger partial charge in [-0.2, -0.15) is 0 Å². The molecule has 0 aromatic heterocycles. The number of aryl methyl sites for hydroxylation is 1. The molecule has 0 atom stereocenters. The van der Waals surface area contributed by atoms with Gasteiger partial charge < -0.3 is 10.2 Å². The van der Waals surface area contributed by atoms with Crippen LogP contribution in [-0.4, -0.2) is 31.4 Å². The van der Waals surface area contributed by atoms with E-state index in [1.165, 1.54) is 24.1 Å². The first-order valence-corrected chi connectivity index (χ1v) is 12.3. The fraction of sp³-hybridized carbons (Fsp3) is 0.370. The Labute approximate surface area is 211 Å². The molecule has 5 nitrogen and oxygen atoms in total. The van der Waals surface area contributed by atoms with Crippen molar-refractivity contribution in [3.8, 4) is 0 Å². The Bertz CT molecular complexity index is 1100. The van der Waals surface area contributed by atoms with E-state index in [1.807, 2.05) is 50.2 Å². The van der Waals surface area contributed by atoms with Crippen LogP contribution in [0.1, 0.15) is 48.8 Å². The summed E-state index contributed by atoms with van der Waals surface area (Å²) in [6, 6.07) is 8.27. The third-order valence-corrected chi connectivity index (χ3v) is 6.45. The molecular weight excluding hydrogens is 468 g/mol. The number of anilines is 1. The van der Waals surface area contributed by atoms with Crippen LogP contribution in [0.25, 0.3) is 0 Å². The number of nitrogens with zero attached hydrogens (tertiary/aromatic N) is 3. The van der Waals surface area contributed by atoms with Gasteiger partial charge >= 0.3 is 0 Å². The van der Waals surface area contributed by atoms with Gasteiger partial charge in [0.05, 0.1) is 16.4 Å². The normalized spacial score (nSPS) is 14.9. The molecular formula is C27H34ClF2N5. The number of hydrazine groups is 1. The summed E-state index contributed by atoms with van der Waals surface area (Å²) in [5, 5.41) is 5.23. The van der Waals surface area contributed by atoms with E-state index in [9.17, 15) is 8.78 Å². The average Bonchev–Trinajstić information content (AvgIpc) is 2.82. The van der Waals surface area contributed by atoms with E-state index in [0.29, 0.717) is 27.9 Å². The predicted octanol–water partition coefficient (Wildman–Crippen LogP) is 6.20. The minimum Gasteiger partial charge on any atom is -0.328 e. The highest BCUT2D eigenvalue weighted by Crippen LogP contribution is 2.33. The van der Waals surface area contributed by atoms with Crippen LogP contribution in [0, 0.1) is 25.5 Å². The topological polar surface area (TPSA) is 56.9 Å². The maximum absolute atomic E-state index is 14.4. The maximum Gasteiger partial charge on any atom is 0.145 e. The van der Waals surface area contributed by atoms with Crippen LogP contribution in [0.15, 0.2) is 59.1 Å². The lowest BCUT2D eigenvalue weighted by Crippen LogP contribution is -2.40. The molecule has 3 N–H and O–H groups in total. The Balaban J connectivity index is 1.96. The Kier molecular flexibility index (Phi) is 9.43. The van der Waals surface area contributed by atoms with Crippen LogP contribution >= 0.6 is 11.6 Å². The number of aliphatic imine (C=N–C) groups is 1. The second kappa shape index (κ2) is 12.3. The highest BCUT2D eigenvalue weighted by atomic mass is 35.5. The fourth-order valence-electron chi connectivity index (χ4n) is 4.06. The second-order valence-corrected chi connectivity index (χ2v) is 9.17. The summed E-state index contributed by atoms with van der Waals surface area (Å²) in [5.74, 6) is 6.39. The average molecular weight is 502 g/mol. The number of nitrogens with one attached hydrogen (secondary N) is 1. The summed E-state index contributed by atoms with van der Waals surface area (Å²) in [4.78, 5) is 6.54. The summed E-state index contributed by atoms with van der Waals surface area (Å²) in [6.07, 6.45) is 8.86. The van der Waals surface area contributed by atoms with Gasteiger partial charge in [-0.05, 0) is 76.5 Å². The van der Waals surface area contributed by atoms with Crippen LogP contribution in [0.2, 0.25) is 5.02 Å².